The minimum absolute atomic E-state index is 0.0287. The maximum absolute atomic E-state index is 11.9. The van der Waals surface area contributed by atoms with E-state index in [0.717, 1.165) is 5.56 Å². The Labute approximate surface area is 144 Å². The number of benzene rings is 1. The summed E-state index contributed by atoms with van der Waals surface area (Å²) < 4.78 is 0. The van der Waals surface area contributed by atoms with Crippen LogP contribution in [0.5, 0.6) is 0 Å². The summed E-state index contributed by atoms with van der Waals surface area (Å²) in [5.74, 6) is -0.0373. The Morgan fingerprint density at radius 2 is 2.09 bits per heavy atom. The number of aryl methyl sites for hydroxylation is 1. The molecule has 0 aliphatic rings. The molecule has 0 radical (unpaired) electrons. The van der Waals surface area contributed by atoms with Gasteiger partial charge < -0.3 is 10.6 Å². The SMILES string of the molecule is Cc1ccsc1CNC(=O)CN[C@@H](C)c1ccc(Cl)cc1Cl. The minimum Gasteiger partial charge on any atom is -0.350 e. The standard InChI is InChI=1S/C16H18Cl2N2OS/c1-10-5-6-22-15(10)8-20-16(21)9-19-11(2)13-4-3-12(17)7-14(13)18/h3-7,11,19H,8-9H2,1-2H3,(H,20,21)/t11-/m0/s1. The van der Waals surface area contributed by atoms with Gasteiger partial charge in [0.2, 0.25) is 5.91 Å². The topological polar surface area (TPSA) is 41.1 Å². The number of hydrogen-bond donors (Lipinski definition) is 2. The second-order valence-electron chi connectivity index (χ2n) is 5.07. The monoisotopic (exact) mass is 356 g/mol. The minimum atomic E-state index is -0.0373. The van der Waals surface area contributed by atoms with Crippen LogP contribution in [0.1, 0.15) is 29.0 Å². The Bertz CT molecular complexity index is 657. The van der Waals surface area contributed by atoms with Gasteiger partial charge in [-0.1, -0.05) is 29.3 Å². The quantitative estimate of drug-likeness (QED) is 0.808. The number of halogens is 2. The van der Waals surface area contributed by atoms with Crippen molar-refractivity contribution in [2.75, 3.05) is 6.54 Å². The first-order valence-electron chi connectivity index (χ1n) is 6.95. The number of nitrogens with one attached hydrogen (secondary N) is 2. The highest BCUT2D eigenvalue weighted by molar-refractivity contribution is 7.10. The summed E-state index contributed by atoms with van der Waals surface area (Å²) in [6.45, 7) is 4.82. The molecular weight excluding hydrogens is 339 g/mol. The molecule has 0 aliphatic heterocycles. The second-order valence-corrected chi connectivity index (χ2v) is 6.92. The van der Waals surface area contributed by atoms with Gasteiger partial charge in [0.25, 0.3) is 0 Å². The van der Waals surface area contributed by atoms with E-state index < -0.39 is 0 Å². The molecule has 6 heteroatoms. The molecule has 1 aromatic carbocycles. The van der Waals surface area contributed by atoms with Crippen LogP contribution in [0.3, 0.4) is 0 Å². The Balaban J connectivity index is 1.81. The van der Waals surface area contributed by atoms with E-state index in [1.54, 1.807) is 23.5 Å². The van der Waals surface area contributed by atoms with Crippen molar-refractivity contribution in [3.63, 3.8) is 0 Å². The molecule has 1 amide bonds. The molecule has 2 rings (SSSR count). The molecule has 0 fully saturated rings. The summed E-state index contributed by atoms with van der Waals surface area (Å²) in [6.07, 6.45) is 0. The van der Waals surface area contributed by atoms with Crippen molar-refractivity contribution in [2.24, 2.45) is 0 Å². The number of carbonyl (C=O) groups is 1. The summed E-state index contributed by atoms with van der Waals surface area (Å²) in [4.78, 5) is 13.1. The van der Waals surface area contributed by atoms with Crippen LogP contribution in [-0.2, 0) is 11.3 Å². The Morgan fingerprint density at radius 1 is 1.32 bits per heavy atom. The van der Waals surface area contributed by atoms with E-state index in [4.69, 9.17) is 23.2 Å². The molecule has 0 saturated carbocycles. The summed E-state index contributed by atoms with van der Waals surface area (Å²) in [7, 11) is 0. The molecule has 0 bridgehead atoms. The highest BCUT2D eigenvalue weighted by atomic mass is 35.5. The number of amides is 1. The van der Waals surface area contributed by atoms with Crippen LogP contribution >= 0.6 is 34.5 Å². The van der Waals surface area contributed by atoms with E-state index in [9.17, 15) is 4.79 Å². The molecule has 1 heterocycles. The Kier molecular flexibility index (Phi) is 6.26. The van der Waals surface area contributed by atoms with E-state index in [0.29, 0.717) is 16.6 Å². The summed E-state index contributed by atoms with van der Waals surface area (Å²) in [5.41, 5.74) is 2.13. The average Bonchev–Trinajstić information content (AvgIpc) is 2.88. The molecule has 0 spiro atoms. The molecule has 2 aromatic rings. The van der Waals surface area contributed by atoms with Crippen molar-refractivity contribution < 1.29 is 4.79 Å². The van der Waals surface area contributed by atoms with E-state index in [1.807, 2.05) is 25.3 Å². The van der Waals surface area contributed by atoms with Crippen LogP contribution in [0.2, 0.25) is 10.0 Å². The Hall–Kier alpha value is -1.07. The van der Waals surface area contributed by atoms with Gasteiger partial charge in [0.15, 0.2) is 0 Å². The van der Waals surface area contributed by atoms with Crippen LogP contribution < -0.4 is 10.6 Å². The number of rotatable bonds is 6. The zero-order chi connectivity index (χ0) is 16.1. The van der Waals surface area contributed by atoms with Gasteiger partial charge in [0.05, 0.1) is 13.1 Å². The fourth-order valence-corrected chi connectivity index (χ4v) is 3.45. The molecular formula is C16H18Cl2N2OS. The van der Waals surface area contributed by atoms with E-state index in [1.165, 1.54) is 10.4 Å². The van der Waals surface area contributed by atoms with Crippen molar-refractivity contribution >= 4 is 40.4 Å². The summed E-state index contributed by atoms with van der Waals surface area (Å²) in [6, 6.07) is 7.39. The van der Waals surface area contributed by atoms with Crippen molar-refractivity contribution in [2.45, 2.75) is 26.4 Å². The zero-order valence-corrected chi connectivity index (χ0v) is 14.8. The lowest BCUT2D eigenvalue weighted by atomic mass is 10.1. The van der Waals surface area contributed by atoms with Gasteiger partial charge in [-0.05, 0) is 48.6 Å². The van der Waals surface area contributed by atoms with Crippen LogP contribution in [0, 0.1) is 6.92 Å². The first-order valence-corrected chi connectivity index (χ1v) is 8.59. The zero-order valence-electron chi connectivity index (χ0n) is 12.5. The fraction of sp³-hybridized carbons (Fsp3) is 0.312. The molecule has 0 unspecified atom stereocenters. The maximum Gasteiger partial charge on any atom is 0.234 e. The third-order valence-corrected chi connectivity index (χ3v) is 5.00. The molecule has 22 heavy (non-hydrogen) atoms. The van der Waals surface area contributed by atoms with E-state index in [-0.39, 0.29) is 18.5 Å². The predicted octanol–water partition coefficient (Wildman–Crippen LogP) is 4.33. The average molecular weight is 357 g/mol. The van der Waals surface area contributed by atoms with Gasteiger partial charge in [0.1, 0.15) is 0 Å². The van der Waals surface area contributed by atoms with Crippen LogP contribution in [0.25, 0.3) is 0 Å². The molecule has 0 saturated heterocycles. The maximum atomic E-state index is 11.9. The Morgan fingerprint density at radius 3 is 2.73 bits per heavy atom. The van der Waals surface area contributed by atoms with Crippen molar-refractivity contribution in [1.82, 2.24) is 10.6 Å². The third kappa shape index (κ3) is 4.71. The van der Waals surface area contributed by atoms with Gasteiger partial charge in [-0.15, -0.1) is 11.3 Å². The molecule has 2 N–H and O–H groups in total. The normalized spacial score (nSPS) is 12.2. The number of carbonyl (C=O) groups excluding carboxylic acids is 1. The van der Waals surface area contributed by atoms with Gasteiger partial charge in [-0.25, -0.2) is 0 Å². The van der Waals surface area contributed by atoms with E-state index >= 15 is 0 Å². The van der Waals surface area contributed by atoms with Gasteiger partial charge in [-0.3, -0.25) is 4.79 Å². The predicted molar refractivity (Wildman–Crippen MR) is 93.8 cm³/mol. The smallest absolute Gasteiger partial charge is 0.234 e. The number of thiophene rings is 1. The highest BCUT2D eigenvalue weighted by Gasteiger charge is 2.11. The summed E-state index contributed by atoms with van der Waals surface area (Å²) in [5, 5.41) is 9.31. The fourth-order valence-electron chi connectivity index (χ4n) is 2.03. The van der Waals surface area contributed by atoms with Crippen LogP contribution in [0.15, 0.2) is 29.6 Å². The summed E-state index contributed by atoms with van der Waals surface area (Å²) >= 11 is 13.7. The molecule has 118 valence electrons. The number of hydrogen-bond acceptors (Lipinski definition) is 3. The third-order valence-electron chi connectivity index (χ3n) is 3.41. The molecule has 1 aromatic heterocycles. The molecule has 0 aliphatic carbocycles. The van der Waals surface area contributed by atoms with Crippen molar-refractivity contribution in [3.8, 4) is 0 Å². The lowest BCUT2D eigenvalue weighted by molar-refractivity contribution is -0.120. The highest BCUT2D eigenvalue weighted by Crippen LogP contribution is 2.25. The molecule has 3 nitrogen and oxygen atoms in total. The van der Waals surface area contributed by atoms with Crippen LogP contribution in [-0.4, -0.2) is 12.5 Å². The van der Waals surface area contributed by atoms with Gasteiger partial charge >= 0.3 is 0 Å². The van der Waals surface area contributed by atoms with E-state index in [2.05, 4.69) is 16.7 Å². The van der Waals surface area contributed by atoms with Gasteiger partial charge in [-0.2, -0.15) is 0 Å². The first kappa shape index (κ1) is 17.3. The largest absolute Gasteiger partial charge is 0.350 e. The van der Waals surface area contributed by atoms with Crippen LogP contribution in [0.4, 0.5) is 0 Å². The van der Waals surface area contributed by atoms with Gasteiger partial charge in [0, 0.05) is 21.0 Å². The molecule has 1 atom stereocenters. The first-order chi connectivity index (χ1) is 10.5. The lowest BCUT2D eigenvalue weighted by Gasteiger charge is -2.15. The second kappa shape index (κ2) is 7.97. The van der Waals surface area contributed by atoms with Crippen molar-refractivity contribution in [3.05, 3.63) is 55.7 Å². The van der Waals surface area contributed by atoms with Crippen molar-refractivity contribution in [1.29, 1.82) is 0 Å². The lowest BCUT2D eigenvalue weighted by Crippen LogP contribution is -2.34.